The molecule has 0 aliphatic rings. The Labute approximate surface area is 118 Å². The van der Waals surface area contributed by atoms with E-state index in [0.717, 1.165) is 33.9 Å². The molecule has 3 nitrogen and oxygen atoms in total. The van der Waals surface area contributed by atoms with Crippen molar-refractivity contribution in [1.29, 1.82) is 0 Å². The number of rotatable bonds is 4. The molecule has 102 valence electrons. The first-order chi connectivity index (χ1) is 9.01. The summed E-state index contributed by atoms with van der Waals surface area (Å²) in [7, 11) is 0. The maximum absolute atomic E-state index is 9.54. The Hall–Kier alpha value is -1.32. The van der Waals surface area contributed by atoms with E-state index in [1.807, 2.05) is 31.2 Å². The first kappa shape index (κ1) is 14.1. The highest BCUT2D eigenvalue weighted by Gasteiger charge is 2.10. The van der Waals surface area contributed by atoms with E-state index < -0.39 is 0 Å². The summed E-state index contributed by atoms with van der Waals surface area (Å²) in [4.78, 5) is 6.60. The molecule has 0 radical (unpaired) electrons. The number of aromatic nitrogens is 1. The highest BCUT2D eigenvalue weighted by molar-refractivity contribution is 6.35. The molecule has 1 aromatic heterocycles. The van der Waals surface area contributed by atoms with Crippen molar-refractivity contribution in [3.63, 3.8) is 0 Å². The van der Waals surface area contributed by atoms with E-state index in [4.69, 9.17) is 11.6 Å². The van der Waals surface area contributed by atoms with Crippen LogP contribution >= 0.6 is 11.6 Å². The van der Waals surface area contributed by atoms with E-state index in [1.165, 1.54) is 0 Å². The third-order valence-corrected chi connectivity index (χ3v) is 3.41. The molecule has 19 heavy (non-hydrogen) atoms. The monoisotopic (exact) mass is 278 g/mol. The third-order valence-electron chi connectivity index (χ3n) is 3.10. The zero-order valence-electron chi connectivity index (χ0n) is 11.5. The molecular formula is C15H19ClN2O. The Balaban J connectivity index is 2.45. The zero-order valence-corrected chi connectivity index (χ0v) is 12.3. The van der Waals surface area contributed by atoms with Crippen molar-refractivity contribution in [2.24, 2.45) is 0 Å². The van der Waals surface area contributed by atoms with E-state index in [1.54, 1.807) is 6.92 Å². The highest BCUT2D eigenvalue weighted by Crippen LogP contribution is 2.27. The van der Waals surface area contributed by atoms with Crippen LogP contribution in [-0.4, -0.2) is 29.3 Å². The van der Waals surface area contributed by atoms with Crippen molar-refractivity contribution in [2.75, 3.05) is 18.0 Å². The second-order valence-corrected chi connectivity index (χ2v) is 5.24. The molecule has 0 saturated carbocycles. The lowest BCUT2D eigenvalue weighted by Crippen LogP contribution is -2.30. The number of aryl methyl sites for hydroxylation is 1. The Bertz CT molecular complexity index is 584. The number of halogens is 1. The van der Waals surface area contributed by atoms with Gasteiger partial charge in [-0.2, -0.15) is 0 Å². The maximum Gasteiger partial charge on any atom is 0.0721 e. The predicted molar refractivity (Wildman–Crippen MR) is 81.1 cm³/mol. The van der Waals surface area contributed by atoms with Crippen LogP contribution in [0.4, 0.5) is 5.69 Å². The molecule has 0 amide bonds. The molecule has 1 aromatic carbocycles. The summed E-state index contributed by atoms with van der Waals surface area (Å²) in [5.41, 5.74) is 2.88. The lowest BCUT2D eigenvalue weighted by Gasteiger charge is -2.25. The Morgan fingerprint density at radius 1 is 1.37 bits per heavy atom. The molecule has 1 heterocycles. The molecule has 1 atom stereocenters. The zero-order chi connectivity index (χ0) is 14.0. The second kappa shape index (κ2) is 5.76. The van der Waals surface area contributed by atoms with Gasteiger partial charge in [-0.25, -0.2) is 0 Å². The minimum Gasteiger partial charge on any atom is -0.392 e. The van der Waals surface area contributed by atoms with Gasteiger partial charge in [0.15, 0.2) is 0 Å². The minimum absolute atomic E-state index is 0.359. The normalized spacial score (nSPS) is 12.7. The maximum atomic E-state index is 9.54. The average molecular weight is 279 g/mol. The van der Waals surface area contributed by atoms with Gasteiger partial charge in [0, 0.05) is 29.9 Å². The number of fused-ring (bicyclic) bond motifs is 1. The van der Waals surface area contributed by atoms with E-state index in [0.29, 0.717) is 6.54 Å². The van der Waals surface area contributed by atoms with Crippen molar-refractivity contribution in [2.45, 2.75) is 26.9 Å². The smallest absolute Gasteiger partial charge is 0.0721 e. The van der Waals surface area contributed by atoms with Crippen LogP contribution in [0.1, 0.15) is 19.5 Å². The van der Waals surface area contributed by atoms with Crippen LogP contribution in [0.25, 0.3) is 10.9 Å². The largest absolute Gasteiger partial charge is 0.392 e. The Morgan fingerprint density at radius 2 is 2.11 bits per heavy atom. The van der Waals surface area contributed by atoms with Crippen LogP contribution < -0.4 is 4.90 Å². The SMILES string of the molecule is CCN(CC(C)O)c1ccc2nc(C)cc(Cl)c2c1. The van der Waals surface area contributed by atoms with Gasteiger partial charge >= 0.3 is 0 Å². The summed E-state index contributed by atoms with van der Waals surface area (Å²) in [6, 6.07) is 7.92. The van der Waals surface area contributed by atoms with Gasteiger partial charge in [-0.3, -0.25) is 4.98 Å². The van der Waals surface area contributed by atoms with Gasteiger partial charge in [-0.15, -0.1) is 0 Å². The molecule has 0 spiro atoms. The summed E-state index contributed by atoms with van der Waals surface area (Å²) in [5.74, 6) is 0. The Kier molecular flexibility index (Phi) is 4.27. The van der Waals surface area contributed by atoms with Gasteiger partial charge in [0.05, 0.1) is 16.6 Å². The standard InChI is InChI=1S/C15H19ClN2O/c1-4-18(9-11(3)19)12-5-6-15-13(8-12)14(16)7-10(2)17-15/h5-8,11,19H,4,9H2,1-3H3. The van der Waals surface area contributed by atoms with Gasteiger partial charge < -0.3 is 10.0 Å². The summed E-state index contributed by atoms with van der Waals surface area (Å²) >= 11 is 6.28. The number of aliphatic hydroxyl groups excluding tert-OH is 1. The van der Waals surface area contributed by atoms with Crippen LogP contribution in [0.2, 0.25) is 5.02 Å². The number of nitrogens with zero attached hydrogens (tertiary/aromatic N) is 2. The van der Waals surface area contributed by atoms with E-state index in [-0.39, 0.29) is 6.10 Å². The van der Waals surface area contributed by atoms with Gasteiger partial charge in [-0.1, -0.05) is 11.6 Å². The number of hydrogen-bond acceptors (Lipinski definition) is 3. The van der Waals surface area contributed by atoms with Crippen LogP contribution in [0.15, 0.2) is 24.3 Å². The molecule has 1 unspecified atom stereocenters. The number of anilines is 1. The second-order valence-electron chi connectivity index (χ2n) is 4.83. The molecule has 0 bridgehead atoms. The van der Waals surface area contributed by atoms with Crippen molar-refractivity contribution in [3.05, 3.63) is 35.0 Å². The molecule has 2 rings (SSSR count). The van der Waals surface area contributed by atoms with E-state index in [9.17, 15) is 5.11 Å². The molecule has 4 heteroatoms. The lowest BCUT2D eigenvalue weighted by molar-refractivity contribution is 0.200. The number of pyridine rings is 1. The summed E-state index contributed by atoms with van der Waals surface area (Å²) in [5, 5.41) is 11.2. The molecule has 0 aliphatic carbocycles. The third kappa shape index (κ3) is 3.17. The predicted octanol–water partition coefficient (Wildman–Crippen LogP) is 3.40. The van der Waals surface area contributed by atoms with Crippen LogP contribution in [0.3, 0.4) is 0 Å². The van der Waals surface area contributed by atoms with Crippen LogP contribution in [0, 0.1) is 6.92 Å². The highest BCUT2D eigenvalue weighted by atomic mass is 35.5. The van der Waals surface area contributed by atoms with Crippen molar-refractivity contribution < 1.29 is 5.11 Å². The van der Waals surface area contributed by atoms with E-state index in [2.05, 4.69) is 16.8 Å². The number of hydrogen-bond donors (Lipinski definition) is 1. The molecule has 2 aromatic rings. The van der Waals surface area contributed by atoms with Crippen LogP contribution in [0.5, 0.6) is 0 Å². The summed E-state index contributed by atoms with van der Waals surface area (Å²) < 4.78 is 0. The topological polar surface area (TPSA) is 36.4 Å². The first-order valence-corrected chi connectivity index (χ1v) is 6.89. The molecule has 0 aliphatic heterocycles. The Morgan fingerprint density at radius 3 is 2.74 bits per heavy atom. The van der Waals surface area contributed by atoms with E-state index >= 15 is 0 Å². The van der Waals surface area contributed by atoms with Gasteiger partial charge in [0.25, 0.3) is 0 Å². The average Bonchev–Trinajstić information content (AvgIpc) is 2.35. The minimum atomic E-state index is -0.359. The summed E-state index contributed by atoms with van der Waals surface area (Å²) in [6.07, 6.45) is -0.359. The van der Waals surface area contributed by atoms with Crippen molar-refractivity contribution in [3.8, 4) is 0 Å². The fraction of sp³-hybridized carbons (Fsp3) is 0.400. The summed E-state index contributed by atoms with van der Waals surface area (Å²) in [6.45, 7) is 7.25. The number of likely N-dealkylation sites (N-methyl/N-ethyl adjacent to an activating group) is 1. The molecule has 0 saturated heterocycles. The van der Waals surface area contributed by atoms with Gasteiger partial charge in [0.1, 0.15) is 0 Å². The lowest BCUT2D eigenvalue weighted by atomic mass is 10.1. The number of aliphatic hydroxyl groups is 1. The van der Waals surface area contributed by atoms with Gasteiger partial charge in [0.2, 0.25) is 0 Å². The quantitative estimate of drug-likeness (QED) is 0.931. The van der Waals surface area contributed by atoms with Crippen molar-refractivity contribution >= 4 is 28.2 Å². The number of benzene rings is 1. The van der Waals surface area contributed by atoms with Crippen molar-refractivity contribution in [1.82, 2.24) is 4.98 Å². The molecule has 1 N–H and O–H groups in total. The fourth-order valence-electron chi connectivity index (χ4n) is 2.23. The van der Waals surface area contributed by atoms with Crippen LogP contribution in [-0.2, 0) is 0 Å². The fourth-order valence-corrected chi connectivity index (χ4v) is 2.54. The molecular weight excluding hydrogens is 260 g/mol. The molecule has 0 fully saturated rings. The first-order valence-electron chi connectivity index (χ1n) is 6.51. The van der Waals surface area contributed by atoms with Gasteiger partial charge in [-0.05, 0) is 45.0 Å².